The first kappa shape index (κ1) is 17.5. The maximum atomic E-state index is 12.3. The lowest BCUT2D eigenvalue weighted by Crippen LogP contribution is -2.53. The van der Waals surface area contributed by atoms with Gasteiger partial charge in [0.25, 0.3) is 5.91 Å². The summed E-state index contributed by atoms with van der Waals surface area (Å²) in [7, 11) is 0. The quantitative estimate of drug-likeness (QED) is 0.762. The Kier molecular flexibility index (Phi) is 4.87. The molecule has 0 bridgehead atoms. The fourth-order valence-electron chi connectivity index (χ4n) is 2.33. The Labute approximate surface area is 138 Å². The molecule has 1 heterocycles. The van der Waals surface area contributed by atoms with Crippen LogP contribution in [0.1, 0.15) is 31.1 Å². The summed E-state index contributed by atoms with van der Waals surface area (Å²) in [5.74, 6) is -2.05. The number of nitrogens with one attached hydrogen (secondary N) is 1. The van der Waals surface area contributed by atoms with Crippen molar-refractivity contribution in [2.45, 2.75) is 32.9 Å². The van der Waals surface area contributed by atoms with Crippen molar-refractivity contribution in [1.82, 2.24) is 5.32 Å². The normalized spacial score (nSPS) is 15.8. The first-order valence-corrected chi connectivity index (χ1v) is 7.35. The van der Waals surface area contributed by atoms with Crippen LogP contribution < -0.4 is 15.0 Å². The number of nitrogens with zero attached hydrogens (tertiary/aromatic N) is 1. The number of ketones is 1. The number of carbonyl (C=O) groups excluding carboxylic acids is 3. The minimum atomic E-state index is -1.18. The van der Waals surface area contributed by atoms with Gasteiger partial charge in [-0.15, -0.1) is 0 Å². The zero-order valence-corrected chi connectivity index (χ0v) is 13.5. The van der Waals surface area contributed by atoms with Crippen LogP contribution in [0.3, 0.4) is 0 Å². The Hall–Kier alpha value is -2.90. The molecule has 1 aliphatic heterocycles. The van der Waals surface area contributed by atoms with E-state index in [0.717, 1.165) is 0 Å². The highest BCUT2D eigenvalue weighted by atomic mass is 16.5. The predicted molar refractivity (Wildman–Crippen MR) is 84.1 cm³/mol. The summed E-state index contributed by atoms with van der Waals surface area (Å²) in [5.41, 5.74) is 0.688. The van der Waals surface area contributed by atoms with E-state index >= 15 is 0 Å². The first-order valence-electron chi connectivity index (χ1n) is 7.35. The smallest absolute Gasteiger partial charge is 0.325 e. The highest BCUT2D eigenvalue weighted by Crippen LogP contribution is 2.34. The van der Waals surface area contributed by atoms with Gasteiger partial charge < -0.3 is 15.2 Å². The Balaban J connectivity index is 2.34. The van der Waals surface area contributed by atoms with Crippen molar-refractivity contribution in [1.29, 1.82) is 0 Å². The van der Waals surface area contributed by atoms with Crippen molar-refractivity contribution < 1.29 is 29.0 Å². The van der Waals surface area contributed by atoms with Gasteiger partial charge in [0.2, 0.25) is 5.91 Å². The van der Waals surface area contributed by atoms with Crippen molar-refractivity contribution in [2.24, 2.45) is 0 Å². The van der Waals surface area contributed by atoms with Crippen molar-refractivity contribution in [2.75, 3.05) is 11.5 Å². The van der Waals surface area contributed by atoms with Crippen LogP contribution in [0.25, 0.3) is 0 Å². The SMILES string of the molecule is CC(=O)c1ccc2c(c1)N(C(C)C(=O)NC(C)C(=O)O)C(=O)CO2. The van der Waals surface area contributed by atoms with Gasteiger partial charge in [-0.25, -0.2) is 0 Å². The summed E-state index contributed by atoms with van der Waals surface area (Å²) in [5, 5.41) is 11.2. The molecule has 0 spiro atoms. The van der Waals surface area contributed by atoms with Crippen LogP contribution in [0.2, 0.25) is 0 Å². The van der Waals surface area contributed by atoms with Crippen LogP contribution >= 0.6 is 0 Å². The Bertz CT molecular complexity index is 715. The van der Waals surface area contributed by atoms with Gasteiger partial charge in [0.1, 0.15) is 17.8 Å². The molecule has 0 aromatic heterocycles. The number of Topliss-reactive ketones (excluding diaryl/α,β-unsaturated/α-hetero) is 1. The number of hydrogen-bond acceptors (Lipinski definition) is 5. The third-order valence-electron chi connectivity index (χ3n) is 3.74. The molecule has 2 atom stereocenters. The molecule has 0 radical (unpaired) electrons. The van der Waals surface area contributed by atoms with E-state index in [1.807, 2.05) is 0 Å². The summed E-state index contributed by atoms with van der Waals surface area (Å²) in [6, 6.07) is 2.59. The molecule has 2 N–H and O–H groups in total. The second-order valence-electron chi connectivity index (χ2n) is 5.54. The van der Waals surface area contributed by atoms with Crippen LogP contribution in [0.15, 0.2) is 18.2 Å². The van der Waals surface area contributed by atoms with E-state index in [2.05, 4.69) is 5.32 Å². The Morgan fingerprint density at radius 3 is 2.54 bits per heavy atom. The lowest BCUT2D eigenvalue weighted by atomic mass is 10.1. The van der Waals surface area contributed by atoms with Gasteiger partial charge in [0.15, 0.2) is 12.4 Å². The number of carboxylic acid groups (broad SMARTS) is 1. The number of carboxylic acids is 1. The fraction of sp³-hybridized carbons (Fsp3) is 0.375. The number of rotatable bonds is 5. The molecule has 2 amide bonds. The largest absolute Gasteiger partial charge is 0.482 e. The van der Waals surface area contributed by atoms with Gasteiger partial charge in [-0.05, 0) is 39.0 Å². The monoisotopic (exact) mass is 334 g/mol. The second-order valence-corrected chi connectivity index (χ2v) is 5.54. The number of anilines is 1. The highest BCUT2D eigenvalue weighted by molar-refractivity contribution is 6.05. The van der Waals surface area contributed by atoms with E-state index in [0.29, 0.717) is 17.0 Å². The first-order chi connectivity index (χ1) is 11.2. The maximum absolute atomic E-state index is 12.3. The van der Waals surface area contributed by atoms with Crippen LogP contribution in [0.5, 0.6) is 5.75 Å². The molecule has 0 saturated heterocycles. The molecule has 0 fully saturated rings. The number of hydrogen-bond donors (Lipinski definition) is 2. The van der Waals surface area contributed by atoms with Gasteiger partial charge in [0, 0.05) is 5.56 Å². The number of fused-ring (bicyclic) bond motifs is 1. The minimum absolute atomic E-state index is 0.188. The molecular weight excluding hydrogens is 316 g/mol. The predicted octanol–water partition coefficient (Wildman–Crippen LogP) is 0.592. The van der Waals surface area contributed by atoms with Crippen LogP contribution in [-0.2, 0) is 14.4 Å². The summed E-state index contributed by atoms with van der Waals surface area (Å²) in [6.07, 6.45) is 0. The van der Waals surface area contributed by atoms with E-state index in [-0.39, 0.29) is 12.4 Å². The number of amides is 2. The lowest BCUT2D eigenvalue weighted by molar-refractivity contribution is -0.141. The van der Waals surface area contributed by atoms with Crippen LogP contribution in [0.4, 0.5) is 5.69 Å². The van der Waals surface area contributed by atoms with Gasteiger partial charge >= 0.3 is 5.97 Å². The van der Waals surface area contributed by atoms with Crippen molar-refractivity contribution in [3.63, 3.8) is 0 Å². The maximum Gasteiger partial charge on any atom is 0.325 e. The molecule has 0 aliphatic carbocycles. The fourth-order valence-corrected chi connectivity index (χ4v) is 2.33. The molecule has 8 nitrogen and oxygen atoms in total. The zero-order chi connectivity index (χ0) is 18.0. The molecule has 24 heavy (non-hydrogen) atoms. The molecule has 8 heteroatoms. The topological polar surface area (TPSA) is 113 Å². The third-order valence-corrected chi connectivity index (χ3v) is 3.74. The molecule has 1 aliphatic rings. The number of carbonyl (C=O) groups is 4. The van der Waals surface area contributed by atoms with E-state index in [4.69, 9.17) is 9.84 Å². The Morgan fingerprint density at radius 1 is 1.29 bits per heavy atom. The van der Waals surface area contributed by atoms with E-state index in [9.17, 15) is 19.2 Å². The Morgan fingerprint density at radius 2 is 1.96 bits per heavy atom. The van der Waals surface area contributed by atoms with Gasteiger partial charge in [-0.2, -0.15) is 0 Å². The van der Waals surface area contributed by atoms with Gasteiger partial charge in [-0.3, -0.25) is 24.1 Å². The standard InChI is InChI=1S/C16H18N2O6/c1-8(16(22)23)17-15(21)9(2)18-12-6-11(10(3)19)4-5-13(12)24-7-14(18)20/h4-6,8-9H,7H2,1-3H3,(H,17,21)(H,22,23). The molecular formula is C16H18N2O6. The van der Waals surface area contributed by atoms with E-state index in [1.165, 1.54) is 31.7 Å². The van der Waals surface area contributed by atoms with Crippen LogP contribution in [-0.4, -0.2) is 47.4 Å². The third kappa shape index (κ3) is 3.37. The highest BCUT2D eigenvalue weighted by Gasteiger charge is 2.34. The average molecular weight is 334 g/mol. The zero-order valence-electron chi connectivity index (χ0n) is 13.5. The average Bonchev–Trinajstić information content (AvgIpc) is 2.53. The summed E-state index contributed by atoms with van der Waals surface area (Å²) < 4.78 is 5.32. The van der Waals surface area contributed by atoms with Crippen molar-refractivity contribution in [3.8, 4) is 5.75 Å². The lowest BCUT2D eigenvalue weighted by Gasteiger charge is -2.33. The van der Waals surface area contributed by atoms with Crippen LogP contribution in [0, 0.1) is 0 Å². The molecule has 2 unspecified atom stereocenters. The molecule has 0 saturated carbocycles. The minimum Gasteiger partial charge on any atom is -0.482 e. The number of aliphatic carboxylic acids is 1. The van der Waals surface area contributed by atoms with Gasteiger partial charge in [0.05, 0.1) is 5.69 Å². The summed E-state index contributed by atoms with van der Waals surface area (Å²) in [6.45, 7) is 3.97. The van der Waals surface area contributed by atoms with Gasteiger partial charge in [-0.1, -0.05) is 0 Å². The van der Waals surface area contributed by atoms with Crippen molar-refractivity contribution >= 4 is 29.3 Å². The number of ether oxygens (including phenoxy) is 1. The molecule has 1 aromatic carbocycles. The summed E-state index contributed by atoms with van der Waals surface area (Å²) in [4.78, 5) is 48.1. The summed E-state index contributed by atoms with van der Waals surface area (Å²) >= 11 is 0. The molecule has 2 rings (SSSR count). The molecule has 128 valence electrons. The second kappa shape index (κ2) is 6.69. The van der Waals surface area contributed by atoms with E-state index < -0.39 is 29.9 Å². The number of benzene rings is 1. The van der Waals surface area contributed by atoms with E-state index in [1.54, 1.807) is 12.1 Å². The molecule has 1 aromatic rings. The van der Waals surface area contributed by atoms with Crippen molar-refractivity contribution in [3.05, 3.63) is 23.8 Å².